The standard InChI is InChI=1S/C22H24N4O2/c1-5-28-18-11-9-17(10-12-18)24-22-23-16(4)13-19(25-22)21(27)26-20-14(2)7-6-8-15(20)3/h6-13H,5H2,1-4H3,(H,26,27)(H,23,24,25). The normalized spacial score (nSPS) is 10.4. The third kappa shape index (κ3) is 4.65. The van der Waals surface area contributed by atoms with Crippen LogP contribution in [0, 0.1) is 20.8 Å². The molecule has 0 spiro atoms. The number of carbonyl (C=O) groups is 1. The molecule has 0 fully saturated rings. The van der Waals surface area contributed by atoms with Crippen LogP contribution in [0.5, 0.6) is 5.75 Å². The number of ether oxygens (including phenoxy) is 1. The molecule has 3 rings (SSSR count). The molecule has 0 aliphatic heterocycles. The molecule has 0 saturated heterocycles. The Kier molecular flexibility index (Phi) is 5.89. The monoisotopic (exact) mass is 376 g/mol. The largest absolute Gasteiger partial charge is 0.494 e. The maximum Gasteiger partial charge on any atom is 0.274 e. The number of aryl methyl sites for hydroxylation is 3. The third-order valence-corrected chi connectivity index (χ3v) is 4.23. The van der Waals surface area contributed by atoms with Gasteiger partial charge in [0.05, 0.1) is 6.61 Å². The zero-order valence-corrected chi connectivity index (χ0v) is 16.5. The zero-order chi connectivity index (χ0) is 20.1. The fraction of sp³-hybridized carbons (Fsp3) is 0.227. The molecule has 0 aliphatic carbocycles. The molecule has 6 nitrogen and oxygen atoms in total. The lowest BCUT2D eigenvalue weighted by Crippen LogP contribution is -2.17. The van der Waals surface area contributed by atoms with Crippen molar-refractivity contribution in [2.75, 3.05) is 17.2 Å². The maximum absolute atomic E-state index is 12.7. The van der Waals surface area contributed by atoms with Gasteiger partial charge in [-0.1, -0.05) is 18.2 Å². The Balaban J connectivity index is 1.80. The Morgan fingerprint density at radius 3 is 2.32 bits per heavy atom. The summed E-state index contributed by atoms with van der Waals surface area (Å²) in [5.74, 6) is 0.903. The number of hydrogen-bond acceptors (Lipinski definition) is 5. The predicted molar refractivity (Wildman–Crippen MR) is 112 cm³/mol. The second-order valence-electron chi connectivity index (χ2n) is 6.52. The number of nitrogens with zero attached hydrogens (tertiary/aromatic N) is 2. The van der Waals surface area contributed by atoms with Crippen molar-refractivity contribution >= 4 is 23.2 Å². The van der Waals surface area contributed by atoms with Crippen molar-refractivity contribution in [3.05, 3.63) is 71.0 Å². The van der Waals surface area contributed by atoms with Gasteiger partial charge in [-0.15, -0.1) is 0 Å². The number of hydrogen-bond donors (Lipinski definition) is 2. The number of rotatable bonds is 6. The van der Waals surface area contributed by atoms with Crippen LogP contribution in [-0.4, -0.2) is 22.5 Å². The molecule has 0 saturated carbocycles. The highest BCUT2D eigenvalue weighted by Gasteiger charge is 2.13. The number of nitrogens with one attached hydrogen (secondary N) is 2. The van der Waals surface area contributed by atoms with E-state index in [2.05, 4.69) is 20.6 Å². The molecule has 1 aromatic heterocycles. The van der Waals surface area contributed by atoms with Crippen LogP contribution >= 0.6 is 0 Å². The van der Waals surface area contributed by atoms with Crippen molar-refractivity contribution in [1.82, 2.24) is 9.97 Å². The summed E-state index contributed by atoms with van der Waals surface area (Å²) in [4.78, 5) is 21.5. The maximum atomic E-state index is 12.7. The lowest BCUT2D eigenvalue weighted by atomic mass is 10.1. The zero-order valence-electron chi connectivity index (χ0n) is 16.5. The lowest BCUT2D eigenvalue weighted by molar-refractivity contribution is 0.102. The van der Waals surface area contributed by atoms with Crippen molar-refractivity contribution in [2.24, 2.45) is 0 Å². The van der Waals surface area contributed by atoms with Crippen LogP contribution in [-0.2, 0) is 0 Å². The van der Waals surface area contributed by atoms with E-state index in [0.29, 0.717) is 23.9 Å². The minimum atomic E-state index is -0.266. The summed E-state index contributed by atoms with van der Waals surface area (Å²) in [5.41, 5.74) is 4.65. The summed E-state index contributed by atoms with van der Waals surface area (Å²) in [6.45, 7) is 8.32. The molecule has 0 bridgehead atoms. The average Bonchev–Trinajstić information content (AvgIpc) is 2.66. The summed E-state index contributed by atoms with van der Waals surface area (Å²) in [6.07, 6.45) is 0. The first-order valence-electron chi connectivity index (χ1n) is 9.19. The van der Waals surface area contributed by atoms with Crippen LogP contribution in [0.2, 0.25) is 0 Å². The molecule has 28 heavy (non-hydrogen) atoms. The molecular weight excluding hydrogens is 352 g/mol. The van der Waals surface area contributed by atoms with Crippen molar-refractivity contribution in [2.45, 2.75) is 27.7 Å². The van der Waals surface area contributed by atoms with Gasteiger partial charge in [-0.2, -0.15) is 0 Å². The Morgan fingerprint density at radius 1 is 1.00 bits per heavy atom. The number of para-hydroxylation sites is 1. The molecule has 2 N–H and O–H groups in total. The van der Waals surface area contributed by atoms with E-state index in [0.717, 1.165) is 28.3 Å². The van der Waals surface area contributed by atoms with E-state index < -0.39 is 0 Å². The molecule has 6 heteroatoms. The van der Waals surface area contributed by atoms with Gasteiger partial charge in [0, 0.05) is 17.1 Å². The van der Waals surface area contributed by atoms with E-state index in [-0.39, 0.29) is 5.91 Å². The van der Waals surface area contributed by atoms with E-state index in [4.69, 9.17) is 4.74 Å². The van der Waals surface area contributed by atoms with Gasteiger partial charge in [0.1, 0.15) is 11.4 Å². The van der Waals surface area contributed by atoms with Crippen molar-refractivity contribution in [3.8, 4) is 5.75 Å². The molecule has 0 aliphatic rings. The first-order chi connectivity index (χ1) is 13.5. The summed E-state index contributed by atoms with van der Waals surface area (Å²) >= 11 is 0. The van der Waals surface area contributed by atoms with Gasteiger partial charge >= 0.3 is 0 Å². The first-order valence-corrected chi connectivity index (χ1v) is 9.19. The van der Waals surface area contributed by atoms with Gasteiger partial charge in [0.25, 0.3) is 5.91 Å². The van der Waals surface area contributed by atoms with Crippen LogP contribution in [0.25, 0.3) is 0 Å². The van der Waals surface area contributed by atoms with E-state index in [1.54, 1.807) is 6.07 Å². The molecule has 1 heterocycles. The van der Waals surface area contributed by atoms with Gasteiger partial charge in [-0.3, -0.25) is 4.79 Å². The van der Waals surface area contributed by atoms with Crippen LogP contribution in [0.15, 0.2) is 48.5 Å². The Hall–Kier alpha value is -3.41. The molecule has 0 atom stereocenters. The van der Waals surface area contributed by atoms with Crippen molar-refractivity contribution in [3.63, 3.8) is 0 Å². The number of aromatic nitrogens is 2. The van der Waals surface area contributed by atoms with Crippen molar-refractivity contribution < 1.29 is 9.53 Å². The number of anilines is 3. The van der Waals surface area contributed by atoms with Gasteiger partial charge in [-0.05, 0) is 69.2 Å². The Morgan fingerprint density at radius 2 is 1.68 bits per heavy atom. The first kappa shape index (κ1) is 19.4. The number of benzene rings is 2. The lowest BCUT2D eigenvalue weighted by Gasteiger charge is -2.12. The molecular formula is C22H24N4O2. The smallest absolute Gasteiger partial charge is 0.274 e. The third-order valence-electron chi connectivity index (χ3n) is 4.23. The van der Waals surface area contributed by atoms with E-state index in [1.165, 1.54) is 0 Å². The van der Waals surface area contributed by atoms with Gasteiger partial charge < -0.3 is 15.4 Å². The van der Waals surface area contributed by atoms with Crippen LogP contribution in [0.1, 0.15) is 34.2 Å². The molecule has 1 amide bonds. The van der Waals surface area contributed by atoms with E-state index in [1.807, 2.05) is 70.2 Å². The summed E-state index contributed by atoms with van der Waals surface area (Å²) in [7, 11) is 0. The van der Waals surface area contributed by atoms with Gasteiger partial charge in [0.2, 0.25) is 5.95 Å². The summed E-state index contributed by atoms with van der Waals surface area (Å²) < 4.78 is 5.44. The molecule has 0 unspecified atom stereocenters. The van der Waals surface area contributed by atoms with Crippen LogP contribution in [0.3, 0.4) is 0 Å². The highest BCUT2D eigenvalue weighted by Crippen LogP contribution is 2.21. The Bertz CT molecular complexity index is 964. The van der Waals surface area contributed by atoms with Crippen molar-refractivity contribution in [1.29, 1.82) is 0 Å². The van der Waals surface area contributed by atoms with Gasteiger partial charge in [0.15, 0.2) is 0 Å². The summed E-state index contributed by atoms with van der Waals surface area (Å²) in [6, 6.07) is 15.1. The SMILES string of the molecule is CCOc1ccc(Nc2nc(C)cc(C(=O)Nc3c(C)cccc3C)n2)cc1. The fourth-order valence-electron chi connectivity index (χ4n) is 2.86. The molecule has 3 aromatic rings. The van der Waals surface area contributed by atoms with E-state index >= 15 is 0 Å². The second kappa shape index (κ2) is 8.52. The van der Waals surface area contributed by atoms with Crippen LogP contribution in [0.4, 0.5) is 17.3 Å². The average molecular weight is 376 g/mol. The minimum Gasteiger partial charge on any atom is -0.494 e. The summed E-state index contributed by atoms with van der Waals surface area (Å²) in [5, 5.41) is 6.10. The quantitative estimate of drug-likeness (QED) is 0.646. The molecule has 0 radical (unpaired) electrons. The highest BCUT2D eigenvalue weighted by atomic mass is 16.5. The van der Waals surface area contributed by atoms with Crippen LogP contribution < -0.4 is 15.4 Å². The minimum absolute atomic E-state index is 0.266. The van der Waals surface area contributed by atoms with Gasteiger partial charge in [-0.25, -0.2) is 9.97 Å². The van der Waals surface area contributed by atoms with E-state index in [9.17, 15) is 4.79 Å². The Labute approximate surface area is 165 Å². The number of amides is 1. The molecule has 144 valence electrons. The second-order valence-corrected chi connectivity index (χ2v) is 6.52. The predicted octanol–water partition coefficient (Wildman–Crippen LogP) is 4.80. The molecule has 2 aromatic carbocycles. The number of carbonyl (C=O) groups excluding carboxylic acids is 1. The topological polar surface area (TPSA) is 76.1 Å². The fourth-order valence-corrected chi connectivity index (χ4v) is 2.86. The highest BCUT2D eigenvalue weighted by molar-refractivity contribution is 6.04.